The molecule has 136 valence electrons. The van der Waals surface area contributed by atoms with E-state index in [0.717, 1.165) is 30.6 Å². The molecule has 2 amide bonds. The van der Waals surface area contributed by atoms with Crippen LogP contribution < -0.4 is 15.0 Å². The van der Waals surface area contributed by atoms with Gasteiger partial charge < -0.3 is 15.0 Å². The second-order valence-electron chi connectivity index (χ2n) is 6.11. The number of anilines is 2. The van der Waals surface area contributed by atoms with Crippen LogP contribution in [0.2, 0.25) is 0 Å². The summed E-state index contributed by atoms with van der Waals surface area (Å²) in [6, 6.07) is 11.5. The van der Waals surface area contributed by atoms with E-state index in [4.69, 9.17) is 4.74 Å². The van der Waals surface area contributed by atoms with Gasteiger partial charge in [-0.1, -0.05) is 19.1 Å². The van der Waals surface area contributed by atoms with E-state index in [2.05, 4.69) is 5.32 Å². The lowest BCUT2D eigenvalue weighted by Gasteiger charge is -2.29. The number of carbonyl (C=O) groups is 2. The maximum Gasteiger partial charge on any atom is 0.262 e. The highest BCUT2D eigenvalue weighted by molar-refractivity contribution is 5.96. The first-order chi connectivity index (χ1) is 12.6. The Morgan fingerprint density at radius 2 is 2.04 bits per heavy atom. The number of halogens is 1. The Labute approximate surface area is 151 Å². The Morgan fingerprint density at radius 3 is 2.81 bits per heavy atom. The molecule has 0 spiro atoms. The van der Waals surface area contributed by atoms with Crippen molar-refractivity contribution in [3.63, 3.8) is 0 Å². The molecule has 0 saturated carbocycles. The first kappa shape index (κ1) is 17.9. The van der Waals surface area contributed by atoms with Gasteiger partial charge in [0, 0.05) is 24.3 Å². The van der Waals surface area contributed by atoms with Gasteiger partial charge in [0.25, 0.3) is 5.91 Å². The summed E-state index contributed by atoms with van der Waals surface area (Å²) in [5, 5.41) is 2.75. The van der Waals surface area contributed by atoms with E-state index >= 15 is 0 Å². The van der Waals surface area contributed by atoms with E-state index in [-0.39, 0.29) is 24.2 Å². The maximum absolute atomic E-state index is 13.5. The van der Waals surface area contributed by atoms with Crippen LogP contribution in [0.5, 0.6) is 5.75 Å². The monoisotopic (exact) mass is 356 g/mol. The molecular formula is C20H21FN2O3. The third kappa shape index (κ3) is 4.02. The van der Waals surface area contributed by atoms with E-state index in [9.17, 15) is 14.0 Å². The Morgan fingerprint density at radius 1 is 1.23 bits per heavy atom. The number of fused-ring (bicyclic) bond motifs is 1. The average Bonchev–Trinajstić information content (AvgIpc) is 2.66. The standard InChI is InChI=1S/C20H21FN2O3/c1-2-20(25)23-11-5-6-14-12-15(9-10-17(14)23)22-19(24)13-26-18-8-4-3-7-16(18)21/h3-4,7-10,12H,2,5-6,11,13H2,1H3,(H,22,24). The largest absolute Gasteiger partial charge is 0.481 e. The molecule has 0 radical (unpaired) electrons. The molecule has 3 rings (SSSR count). The lowest BCUT2D eigenvalue weighted by molar-refractivity contribution is -0.119. The summed E-state index contributed by atoms with van der Waals surface area (Å²) in [6.07, 6.45) is 2.22. The summed E-state index contributed by atoms with van der Waals surface area (Å²) >= 11 is 0. The van der Waals surface area contributed by atoms with Gasteiger partial charge in [0.1, 0.15) is 0 Å². The lowest BCUT2D eigenvalue weighted by atomic mass is 10.0. The molecule has 0 aliphatic carbocycles. The van der Waals surface area contributed by atoms with E-state index in [1.54, 1.807) is 23.1 Å². The van der Waals surface area contributed by atoms with Crippen LogP contribution in [0.1, 0.15) is 25.3 Å². The van der Waals surface area contributed by atoms with Crippen molar-refractivity contribution < 1.29 is 18.7 Å². The molecule has 0 atom stereocenters. The Kier molecular flexibility index (Phi) is 5.51. The number of ether oxygens (including phenoxy) is 1. The third-order valence-electron chi connectivity index (χ3n) is 4.28. The van der Waals surface area contributed by atoms with E-state index in [1.807, 2.05) is 19.1 Å². The summed E-state index contributed by atoms with van der Waals surface area (Å²) in [5.41, 5.74) is 2.58. The molecule has 0 saturated heterocycles. The molecule has 26 heavy (non-hydrogen) atoms. The molecule has 2 aromatic carbocycles. The van der Waals surface area contributed by atoms with Crippen LogP contribution in [0.25, 0.3) is 0 Å². The van der Waals surface area contributed by atoms with Crippen molar-refractivity contribution in [3.05, 3.63) is 53.8 Å². The first-order valence-electron chi connectivity index (χ1n) is 8.69. The lowest BCUT2D eigenvalue weighted by Crippen LogP contribution is -2.34. The van der Waals surface area contributed by atoms with Crippen molar-refractivity contribution in [3.8, 4) is 5.75 Å². The molecule has 0 unspecified atom stereocenters. The average molecular weight is 356 g/mol. The summed E-state index contributed by atoms with van der Waals surface area (Å²) in [6.45, 7) is 2.29. The second-order valence-corrected chi connectivity index (χ2v) is 6.11. The molecule has 6 heteroatoms. The summed E-state index contributed by atoms with van der Waals surface area (Å²) in [7, 11) is 0. The van der Waals surface area contributed by atoms with E-state index < -0.39 is 5.82 Å². The zero-order valence-corrected chi connectivity index (χ0v) is 14.6. The quantitative estimate of drug-likeness (QED) is 0.892. The summed E-state index contributed by atoms with van der Waals surface area (Å²) in [5.74, 6) is -0.733. The SMILES string of the molecule is CCC(=O)N1CCCc2cc(NC(=O)COc3ccccc3F)ccc21. The van der Waals surface area contributed by atoms with Gasteiger partial charge in [-0.3, -0.25) is 9.59 Å². The third-order valence-corrected chi connectivity index (χ3v) is 4.28. The molecule has 0 fully saturated rings. The van der Waals surface area contributed by atoms with Gasteiger partial charge in [-0.15, -0.1) is 0 Å². The van der Waals surface area contributed by atoms with Crippen LogP contribution in [0, 0.1) is 5.82 Å². The number of hydrogen-bond donors (Lipinski definition) is 1. The van der Waals surface area contributed by atoms with Crippen molar-refractivity contribution in [1.29, 1.82) is 0 Å². The summed E-state index contributed by atoms with van der Waals surface area (Å²) < 4.78 is 18.7. The molecule has 1 heterocycles. The molecule has 0 aromatic heterocycles. The molecule has 5 nitrogen and oxygen atoms in total. The minimum atomic E-state index is -0.505. The zero-order chi connectivity index (χ0) is 18.5. The Balaban J connectivity index is 1.64. The minimum absolute atomic E-state index is 0.0433. The highest BCUT2D eigenvalue weighted by Gasteiger charge is 2.21. The van der Waals surface area contributed by atoms with Gasteiger partial charge in [0.05, 0.1) is 0 Å². The predicted octanol–water partition coefficient (Wildman–Crippen LogP) is 3.53. The number of benzene rings is 2. The number of para-hydroxylation sites is 1. The smallest absolute Gasteiger partial charge is 0.262 e. The van der Waals surface area contributed by atoms with Crippen molar-refractivity contribution in [2.75, 3.05) is 23.4 Å². The predicted molar refractivity (Wildman–Crippen MR) is 97.9 cm³/mol. The van der Waals surface area contributed by atoms with Crippen molar-refractivity contribution in [2.24, 2.45) is 0 Å². The number of rotatable bonds is 5. The van der Waals surface area contributed by atoms with Crippen molar-refractivity contribution >= 4 is 23.2 Å². The fourth-order valence-electron chi connectivity index (χ4n) is 3.03. The van der Waals surface area contributed by atoms with Crippen molar-refractivity contribution in [1.82, 2.24) is 0 Å². The number of amides is 2. The van der Waals surface area contributed by atoms with Gasteiger partial charge in [0.15, 0.2) is 18.2 Å². The number of nitrogens with zero attached hydrogens (tertiary/aromatic N) is 1. The molecule has 1 aliphatic heterocycles. The summed E-state index contributed by atoms with van der Waals surface area (Å²) in [4.78, 5) is 25.9. The fraction of sp³-hybridized carbons (Fsp3) is 0.300. The van der Waals surface area contributed by atoms with Crippen LogP contribution in [0.4, 0.5) is 15.8 Å². The van der Waals surface area contributed by atoms with Gasteiger partial charge >= 0.3 is 0 Å². The van der Waals surface area contributed by atoms with Gasteiger partial charge in [0.2, 0.25) is 5.91 Å². The molecule has 2 aromatic rings. The van der Waals surface area contributed by atoms with Crippen molar-refractivity contribution in [2.45, 2.75) is 26.2 Å². The van der Waals surface area contributed by atoms with Crippen LogP contribution in [-0.4, -0.2) is 25.0 Å². The zero-order valence-electron chi connectivity index (χ0n) is 14.6. The second kappa shape index (κ2) is 7.99. The fourth-order valence-corrected chi connectivity index (χ4v) is 3.03. The van der Waals surface area contributed by atoms with Gasteiger partial charge in [-0.05, 0) is 48.7 Å². The van der Waals surface area contributed by atoms with Crippen LogP contribution in [0.3, 0.4) is 0 Å². The van der Waals surface area contributed by atoms with E-state index in [0.29, 0.717) is 12.1 Å². The van der Waals surface area contributed by atoms with Gasteiger partial charge in [-0.2, -0.15) is 0 Å². The Hall–Kier alpha value is -2.89. The number of carbonyl (C=O) groups excluding carboxylic acids is 2. The van der Waals surface area contributed by atoms with Crippen LogP contribution >= 0.6 is 0 Å². The number of nitrogens with one attached hydrogen (secondary N) is 1. The van der Waals surface area contributed by atoms with Gasteiger partial charge in [-0.25, -0.2) is 4.39 Å². The maximum atomic E-state index is 13.5. The number of aryl methyl sites for hydroxylation is 1. The topological polar surface area (TPSA) is 58.6 Å². The first-order valence-corrected chi connectivity index (χ1v) is 8.69. The highest BCUT2D eigenvalue weighted by atomic mass is 19.1. The minimum Gasteiger partial charge on any atom is -0.481 e. The number of hydrogen-bond acceptors (Lipinski definition) is 3. The normalized spacial score (nSPS) is 13.1. The van der Waals surface area contributed by atoms with Crippen LogP contribution in [-0.2, 0) is 16.0 Å². The van der Waals surface area contributed by atoms with E-state index in [1.165, 1.54) is 12.1 Å². The molecule has 0 bridgehead atoms. The molecule has 1 aliphatic rings. The highest BCUT2D eigenvalue weighted by Crippen LogP contribution is 2.30. The van der Waals surface area contributed by atoms with Crippen LogP contribution in [0.15, 0.2) is 42.5 Å². The molecule has 1 N–H and O–H groups in total. The molecular weight excluding hydrogens is 335 g/mol. The Bertz CT molecular complexity index is 822.